The SMILES string of the molecule is CNS(=O)(=O)c1ccc(Cc2cc(F)cc(F)c2)c(-c2nnn(C)n2)c1.CNS(=O)(=O)c1ccc(Cc2cc(F)cc(F)c2)c(-c2nnnn2C)c1.CNS(=O)(=O)c1ccc(N)c(-c2nnn(C)n2)c1.CNS(=O)(=O)c1ccc(N)c(-c2nnnn2C)c1.OB(O)c1cc(F)cc(F)c1. The number of rotatable bonds is 17. The van der Waals surface area contributed by atoms with Crippen LogP contribution in [0.25, 0.3) is 45.6 Å². The van der Waals surface area contributed by atoms with Crippen LogP contribution in [0.4, 0.5) is 37.7 Å². The molecular weight excluding hydrogens is 1390 g/mol. The number of hydrogen-bond donors (Lipinski definition) is 8. The average Bonchev–Trinajstić information content (AvgIpc) is 1.78. The first-order valence-electron chi connectivity index (χ1n) is 28.0. The maximum atomic E-state index is 13.5. The summed E-state index contributed by atoms with van der Waals surface area (Å²) in [6.45, 7) is 0. The molecule has 0 aliphatic heterocycles. The summed E-state index contributed by atoms with van der Waals surface area (Å²) in [6.07, 6.45) is 0.346. The smallest absolute Gasteiger partial charge is 0.423 e. The van der Waals surface area contributed by atoms with Crippen LogP contribution in [0.2, 0.25) is 0 Å². The molecule has 99 heavy (non-hydrogen) atoms. The molecule has 0 atom stereocenters. The van der Waals surface area contributed by atoms with Crippen LogP contribution in [-0.4, -0.2) is 160 Å². The summed E-state index contributed by atoms with van der Waals surface area (Å²) < 4.78 is 185. The van der Waals surface area contributed by atoms with Crippen LogP contribution in [0.15, 0.2) is 147 Å². The number of benzene rings is 7. The quantitative estimate of drug-likeness (QED) is 0.0365. The molecule has 7 aromatic carbocycles. The van der Waals surface area contributed by atoms with E-state index >= 15 is 0 Å². The lowest BCUT2D eigenvalue weighted by Crippen LogP contribution is -2.30. The van der Waals surface area contributed by atoms with E-state index in [-0.39, 0.29) is 49.5 Å². The molecule has 11 rings (SSSR count). The number of hydrogen-bond acceptors (Lipinski definition) is 24. The molecule has 0 bridgehead atoms. The lowest BCUT2D eigenvalue weighted by Gasteiger charge is -2.11. The number of nitrogen functional groups attached to an aromatic ring is 2. The Labute approximate surface area is 561 Å². The number of aryl methyl sites for hydroxylation is 4. The second kappa shape index (κ2) is 32.3. The van der Waals surface area contributed by atoms with Crippen molar-refractivity contribution in [1.82, 2.24) is 99.7 Å². The summed E-state index contributed by atoms with van der Waals surface area (Å²) in [5.41, 5.74) is 16.0. The van der Waals surface area contributed by atoms with E-state index in [4.69, 9.17) is 21.5 Å². The Morgan fingerprint density at radius 3 is 1.06 bits per heavy atom. The topological polar surface area (TPSA) is 452 Å². The maximum absolute atomic E-state index is 13.5. The highest BCUT2D eigenvalue weighted by Crippen LogP contribution is 2.31. The van der Waals surface area contributed by atoms with Gasteiger partial charge in [0.05, 0.1) is 33.7 Å². The van der Waals surface area contributed by atoms with Crippen molar-refractivity contribution in [2.45, 2.75) is 32.4 Å². The molecule has 0 aliphatic rings. The molecule has 0 radical (unpaired) electrons. The number of nitrogens with zero attached hydrogens (tertiary/aromatic N) is 16. The van der Waals surface area contributed by atoms with Crippen LogP contribution in [0, 0.1) is 34.9 Å². The highest BCUT2D eigenvalue weighted by molar-refractivity contribution is 7.90. The van der Waals surface area contributed by atoms with Gasteiger partial charge in [-0.2, -0.15) is 9.59 Å². The minimum Gasteiger partial charge on any atom is -0.423 e. The fourth-order valence-corrected chi connectivity index (χ4v) is 11.7. The normalized spacial score (nSPS) is 11.5. The second-order valence-corrected chi connectivity index (χ2v) is 28.0. The van der Waals surface area contributed by atoms with Crippen molar-refractivity contribution >= 4 is 64.0 Å². The minimum atomic E-state index is -3.68. The molecule has 43 heteroatoms. The number of nitrogens with one attached hydrogen (secondary N) is 4. The van der Waals surface area contributed by atoms with Crippen molar-refractivity contribution in [2.24, 2.45) is 28.2 Å². The largest absolute Gasteiger partial charge is 0.488 e. The van der Waals surface area contributed by atoms with Gasteiger partial charge in [0.2, 0.25) is 51.7 Å². The van der Waals surface area contributed by atoms with Gasteiger partial charge in [-0.25, -0.2) is 88.3 Å². The van der Waals surface area contributed by atoms with E-state index in [1.165, 1.54) is 132 Å². The Hall–Kier alpha value is -10.4. The van der Waals surface area contributed by atoms with E-state index < -0.39 is 82.1 Å². The highest BCUT2D eigenvalue weighted by Gasteiger charge is 2.23. The predicted octanol–water partition coefficient (Wildman–Crippen LogP) is 1.69. The fraction of sp³-hybridized carbons (Fsp3) is 0.179. The summed E-state index contributed by atoms with van der Waals surface area (Å²) >= 11 is 0. The summed E-state index contributed by atoms with van der Waals surface area (Å²) in [7, 11) is -4.50. The fourth-order valence-electron chi connectivity index (χ4n) is 8.72. The average molecular weight is 1450 g/mol. The molecule has 10 N–H and O–H groups in total. The van der Waals surface area contributed by atoms with Crippen molar-refractivity contribution in [3.05, 3.63) is 185 Å². The van der Waals surface area contributed by atoms with Gasteiger partial charge < -0.3 is 21.5 Å². The Bertz CT molecular complexity index is 5130. The van der Waals surface area contributed by atoms with Crippen molar-refractivity contribution in [3.8, 4) is 45.6 Å². The van der Waals surface area contributed by atoms with Crippen molar-refractivity contribution in [1.29, 1.82) is 0 Å². The van der Waals surface area contributed by atoms with E-state index in [2.05, 4.69) is 80.8 Å². The molecule has 0 spiro atoms. The van der Waals surface area contributed by atoms with Crippen LogP contribution in [0.5, 0.6) is 0 Å². The van der Waals surface area contributed by atoms with Gasteiger partial charge in [0.25, 0.3) is 0 Å². The summed E-state index contributed by atoms with van der Waals surface area (Å²) in [5.74, 6) is -3.16. The molecule has 4 aromatic heterocycles. The van der Waals surface area contributed by atoms with E-state index in [1.807, 2.05) is 0 Å². The Kier molecular flexibility index (Phi) is 24.8. The van der Waals surface area contributed by atoms with E-state index in [9.17, 15) is 60.0 Å². The van der Waals surface area contributed by atoms with Gasteiger partial charge in [-0.15, -0.1) is 30.6 Å². The molecule has 32 nitrogen and oxygen atoms in total. The first kappa shape index (κ1) is 76.0. The molecule has 0 amide bonds. The predicted molar refractivity (Wildman–Crippen MR) is 345 cm³/mol. The van der Waals surface area contributed by atoms with Crippen LogP contribution in [-0.2, 0) is 81.1 Å². The van der Waals surface area contributed by atoms with Crippen molar-refractivity contribution < 1.29 is 70.1 Å². The molecule has 522 valence electrons. The van der Waals surface area contributed by atoms with Gasteiger partial charge in [0, 0.05) is 65.9 Å². The monoisotopic (exact) mass is 1450 g/mol. The third-order valence-electron chi connectivity index (χ3n) is 13.6. The van der Waals surface area contributed by atoms with Crippen molar-refractivity contribution in [2.75, 3.05) is 39.7 Å². The van der Waals surface area contributed by atoms with Crippen LogP contribution in [0.3, 0.4) is 0 Å². The molecule has 4 heterocycles. The molecule has 0 aliphatic carbocycles. The molecule has 0 unspecified atom stereocenters. The van der Waals surface area contributed by atoms with Gasteiger partial charge in [-0.05, 0) is 197 Å². The number of aromatic nitrogens is 16. The lowest BCUT2D eigenvalue weighted by molar-refractivity contribution is 0.424. The molecule has 0 fully saturated rings. The molecule has 0 saturated heterocycles. The number of sulfonamides is 4. The van der Waals surface area contributed by atoms with Crippen molar-refractivity contribution in [3.63, 3.8) is 0 Å². The zero-order valence-corrected chi connectivity index (χ0v) is 56.3. The highest BCUT2D eigenvalue weighted by atomic mass is 32.2. The number of tetrazole rings is 4. The zero-order valence-electron chi connectivity index (χ0n) is 53.0. The van der Waals surface area contributed by atoms with Gasteiger partial charge in [0.15, 0.2) is 11.6 Å². The number of nitrogens with two attached hydrogens (primary N) is 2. The first-order valence-corrected chi connectivity index (χ1v) is 34.0. The summed E-state index contributed by atoms with van der Waals surface area (Å²) in [5, 5.41) is 62.4. The Morgan fingerprint density at radius 2 is 0.717 bits per heavy atom. The van der Waals surface area contributed by atoms with Crippen LogP contribution < -0.4 is 35.8 Å². The second-order valence-electron chi connectivity index (χ2n) is 20.4. The molecule has 11 aromatic rings. The first-order chi connectivity index (χ1) is 46.6. The van der Waals surface area contributed by atoms with Crippen LogP contribution in [0.1, 0.15) is 22.3 Å². The third kappa shape index (κ3) is 19.9. The van der Waals surface area contributed by atoms with Gasteiger partial charge >= 0.3 is 7.12 Å². The third-order valence-corrected chi connectivity index (χ3v) is 19.2. The van der Waals surface area contributed by atoms with E-state index in [1.54, 1.807) is 40.3 Å². The Morgan fingerprint density at radius 1 is 0.404 bits per heavy atom. The van der Waals surface area contributed by atoms with Gasteiger partial charge in [0.1, 0.15) is 34.9 Å². The molecule has 0 saturated carbocycles. The summed E-state index contributed by atoms with van der Waals surface area (Å²) in [4.78, 5) is 2.77. The Balaban J connectivity index is 0.000000179. The lowest BCUT2D eigenvalue weighted by atomic mass is 9.80. The van der Waals surface area contributed by atoms with Gasteiger partial charge in [-0.3, -0.25) is 0 Å². The molecular formula is C56H59BF6N22O10S4. The standard InChI is InChI=1S/2C16H15F2N5O2S.2C9H12N6O2S.C6H5BF2O2/c1-19-26(24,25)14-4-3-11(5-10-6-12(17)8-13(18)7-10)15(9-14)16-20-21-22-23(16)2;1-19-26(24,25)14-4-3-11(5-10-6-12(17)8-13(18)7-10)15(9-14)16-20-22-23(2)21-16;1-11-18(16,17)6-3-4-8(10)7(5-6)9-12-13-14-15(9)2;1-11-18(16,17)6-3-4-8(10)7(5-6)9-12-14-15(2)13-9;8-5-1-4(7(10)11)2-6(9)3-5/h2*3-4,6-9,19H,5H2,1-2H3;2*3-5,11H,10H2,1-2H3;1-3,10-11H. The van der Waals surface area contributed by atoms with E-state index in [0.717, 1.165) is 24.3 Å². The maximum Gasteiger partial charge on any atom is 0.488 e. The van der Waals surface area contributed by atoms with Crippen LogP contribution >= 0.6 is 0 Å². The zero-order chi connectivity index (χ0) is 72.9. The van der Waals surface area contributed by atoms with Gasteiger partial charge in [-0.1, -0.05) is 12.1 Å². The van der Waals surface area contributed by atoms with E-state index in [0.29, 0.717) is 73.6 Å². The number of anilines is 2. The number of halogens is 6. The summed E-state index contributed by atoms with van der Waals surface area (Å²) in [6, 6.07) is 26.4. The minimum absolute atomic E-state index is 0.0247.